The van der Waals surface area contributed by atoms with Crippen molar-refractivity contribution in [2.45, 2.75) is 26.4 Å². The Morgan fingerprint density at radius 1 is 1.58 bits per heavy atom. The van der Waals surface area contributed by atoms with Crippen molar-refractivity contribution in [3.8, 4) is 5.75 Å². The summed E-state index contributed by atoms with van der Waals surface area (Å²) in [7, 11) is 0. The van der Waals surface area contributed by atoms with Gasteiger partial charge in [0.1, 0.15) is 5.75 Å². The van der Waals surface area contributed by atoms with Gasteiger partial charge >= 0.3 is 0 Å². The minimum atomic E-state index is 0.271. The van der Waals surface area contributed by atoms with Crippen molar-refractivity contribution in [1.82, 2.24) is 0 Å². The van der Waals surface area contributed by atoms with E-state index in [2.05, 4.69) is 35.8 Å². The summed E-state index contributed by atoms with van der Waals surface area (Å²) in [6, 6.07) is 8.64. The van der Waals surface area contributed by atoms with E-state index in [1.165, 1.54) is 0 Å². The SMILES string of the molecule is CCC(C)Oc1c[c]cc(Br)c1. The number of hydrogen-bond donors (Lipinski definition) is 0. The Balaban J connectivity index is 2.63. The first-order chi connectivity index (χ1) is 5.72. The predicted molar refractivity (Wildman–Crippen MR) is 53.4 cm³/mol. The van der Waals surface area contributed by atoms with Gasteiger partial charge in [-0.3, -0.25) is 0 Å². The van der Waals surface area contributed by atoms with Gasteiger partial charge in [-0.25, -0.2) is 0 Å². The molecule has 1 radical (unpaired) electrons. The third-order valence-electron chi connectivity index (χ3n) is 1.64. The fraction of sp³-hybridized carbons (Fsp3) is 0.400. The van der Waals surface area contributed by atoms with Gasteiger partial charge < -0.3 is 4.74 Å². The maximum absolute atomic E-state index is 5.58. The fourth-order valence-electron chi connectivity index (χ4n) is 0.806. The maximum atomic E-state index is 5.58. The van der Waals surface area contributed by atoms with Crippen molar-refractivity contribution in [3.05, 3.63) is 28.7 Å². The molecule has 0 bridgehead atoms. The molecule has 0 fully saturated rings. The first-order valence-corrected chi connectivity index (χ1v) is 4.85. The molecule has 1 rings (SSSR count). The first-order valence-electron chi connectivity index (χ1n) is 4.05. The quantitative estimate of drug-likeness (QED) is 0.770. The summed E-state index contributed by atoms with van der Waals surface area (Å²) >= 11 is 3.36. The molecule has 0 amide bonds. The van der Waals surface area contributed by atoms with Gasteiger partial charge in [-0.15, -0.1) is 0 Å². The van der Waals surface area contributed by atoms with Crippen LogP contribution >= 0.6 is 15.9 Å². The molecular weight excluding hydrogens is 216 g/mol. The van der Waals surface area contributed by atoms with E-state index in [-0.39, 0.29) is 6.10 Å². The molecule has 1 atom stereocenters. The lowest BCUT2D eigenvalue weighted by Crippen LogP contribution is -2.09. The number of rotatable bonds is 3. The smallest absolute Gasteiger partial charge is 0.121 e. The van der Waals surface area contributed by atoms with Gasteiger partial charge in [0.2, 0.25) is 0 Å². The van der Waals surface area contributed by atoms with Crippen LogP contribution in [-0.4, -0.2) is 6.10 Å². The van der Waals surface area contributed by atoms with Crippen LogP contribution in [0.4, 0.5) is 0 Å². The van der Waals surface area contributed by atoms with Crippen LogP contribution in [0.3, 0.4) is 0 Å². The largest absolute Gasteiger partial charge is 0.491 e. The molecule has 0 saturated heterocycles. The number of halogens is 1. The molecule has 1 aromatic rings. The van der Waals surface area contributed by atoms with E-state index in [0.29, 0.717) is 0 Å². The van der Waals surface area contributed by atoms with E-state index >= 15 is 0 Å². The van der Waals surface area contributed by atoms with Gasteiger partial charge in [0, 0.05) is 4.47 Å². The summed E-state index contributed by atoms with van der Waals surface area (Å²) in [5.41, 5.74) is 0. The summed E-state index contributed by atoms with van der Waals surface area (Å²) in [5.74, 6) is 0.874. The fourth-order valence-corrected chi connectivity index (χ4v) is 1.16. The average molecular weight is 228 g/mol. The Morgan fingerprint density at radius 2 is 2.33 bits per heavy atom. The zero-order valence-electron chi connectivity index (χ0n) is 7.30. The summed E-state index contributed by atoms with van der Waals surface area (Å²) in [6.45, 7) is 4.16. The lowest BCUT2D eigenvalue weighted by atomic mass is 10.3. The van der Waals surface area contributed by atoms with Gasteiger partial charge in [0.15, 0.2) is 0 Å². The average Bonchev–Trinajstić information content (AvgIpc) is 2.04. The van der Waals surface area contributed by atoms with Gasteiger partial charge in [-0.05, 0) is 37.6 Å². The molecule has 0 aliphatic carbocycles. The zero-order valence-corrected chi connectivity index (χ0v) is 8.89. The first kappa shape index (κ1) is 9.59. The number of ether oxygens (including phenoxy) is 1. The highest BCUT2D eigenvalue weighted by Crippen LogP contribution is 2.18. The highest BCUT2D eigenvalue weighted by Gasteiger charge is 2.00. The van der Waals surface area contributed by atoms with Crippen LogP contribution < -0.4 is 4.74 Å². The monoisotopic (exact) mass is 227 g/mol. The van der Waals surface area contributed by atoms with Gasteiger partial charge in [0.05, 0.1) is 6.10 Å². The van der Waals surface area contributed by atoms with E-state index in [1.807, 2.05) is 18.2 Å². The van der Waals surface area contributed by atoms with E-state index in [1.54, 1.807) is 0 Å². The molecule has 65 valence electrons. The van der Waals surface area contributed by atoms with E-state index in [9.17, 15) is 0 Å². The second-order valence-corrected chi connectivity index (χ2v) is 3.64. The molecule has 0 saturated carbocycles. The van der Waals surface area contributed by atoms with Crippen LogP contribution in [-0.2, 0) is 0 Å². The van der Waals surface area contributed by atoms with Crippen LogP contribution in [0.25, 0.3) is 0 Å². The lowest BCUT2D eigenvalue weighted by molar-refractivity contribution is 0.217. The molecule has 2 heteroatoms. The summed E-state index contributed by atoms with van der Waals surface area (Å²) in [5, 5.41) is 0. The Morgan fingerprint density at radius 3 is 2.92 bits per heavy atom. The highest BCUT2D eigenvalue weighted by molar-refractivity contribution is 9.10. The molecule has 0 aromatic heterocycles. The third-order valence-corrected chi connectivity index (χ3v) is 2.10. The Kier molecular flexibility index (Phi) is 3.60. The van der Waals surface area contributed by atoms with Crippen LogP contribution in [0.15, 0.2) is 22.7 Å². The van der Waals surface area contributed by atoms with E-state index < -0.39 is 0 Å². The van der Waals surface area contributed by atoms with Crippen molar-refractivity contribution in [2.24, 2.45) is 0 Å². The minimum Gasteiger partial charge on any atom is -0.491 e. The molecular formula is C10H12BrO. The maximum Gasteiger partial charge on any atom is 0.121 e. The van der Waals surface area contributed by atoms with E-state index in [4.69, 9.17) is 4.74 Å². The topological polar surface area (TPSA) is 9.23 Å². The van der Waals surface area contributed by atoms with Crippen molar-refractivity contribution in [1.29, 1.82) is 0 Å². The number of hydrogen-bond acceptors (Lipinski definition) is 1. The van der Waals surface area contributed by atoms with Crippen molar-refractivity contribution < 1.29 is 4.74 Å². The van der Waals surface area contributed by atoms with Crippen molar-refractivity contribution in [3.63, 3.8) is 0 Å². The molecule has 1 unspecified atom stereocenters. The Bertz CT molecular complexity index is 247. The summed E-state index contributed by atoms with van der Waals surface area (Å²) in [4.78, 5) is 0. The highest BCUT2D eigenvalue weighted by atomic mass is 79.9. The molecule has 1 aromatic carbocycles. The van der Waals surface area contributed by atoms with Crippen molar-refractivity contribution >= 4 is 15.9 Å². The molecule has 0 heterocycles. The van der Waals surface area contributed by atoms with Crippen LogP contribution in [0.5, 0.6) is 5.75 Å². The second kappa shape index (κ2) is 4.51. The zero-order chi connectivity index (χ0) is 8.97. The molecule has 0 N–H and O–H groups in total. The molecule has 0 spiro atoms. The normalized spacial score (nSPS) is 12.6. The molecule has 1 nitrogen and oxygen atoms in total. The van der Waals surface area contributed by atoms with Gasteiger partial charge in [0.25, 0.3) is 0 Å². The molecule has 0 aliphatic rings. The molecule has 0 aliphatic heterocycles. The van der Waals surface area contributed by atoms with Crippen LogP contribution in [0.2, 0.25) is 0 Å². The van der Waals surface area contributed by atoms with Gasteiger partial charge in [-0.1, -0.05) is 22.9 Å². The Labute approximate surface area is 81.9 Å². The second-order valence-electron chi connectivity index (χ2n) is 2.72. The lowest BCUT2D eigenvalue weighted by Gasteiger charge is -2.11. The standard InChI is InChI=1S/C10H12BrO/c1-3-8(2)12-10-6-4-5-9(11)7-10/h5-8H,3H2,1-2H3. The van der Waals surface area contributed by atoms with Gasteiger partial charge in [-0.2, -0.15) is 0 Å². The van der Waals surface area contributed by atoms with Crippen LogP contribution in [0.1, 0.15) is 20.3 Å². The van der Waals surface area contributed by atoms with Crippen LogP contribution in [0, 0.1) is 6.07 Å². The third kappa shape index (κ3) is 2.86. The molecule has 12 heavy (non-hydrogen) atoms. The minimum absolute atomic E-state index is 0.271. The van der Waals surface area contributed by atoms with Crippen molar-refractivity contribution in [2.75, 3.05) is 0 Å². The predicted octanol–water partition coefficient (Wildman–Crippen LogP) is 3.43. The number of benzene rings is 1. The van der Waals surface area contributed by atoms with E-state index in [0.717, 1.165) is 16.6 Å². The Hall–Kier alpha value is -0.500. The summed E-state index contributed by atoms with van der Waals surface area (Å²) < 4.78 is 6.59. The summed E-state index contributed by atoms with van der Waals surface area (Å²) in [6.07, 6.45) is 1.29.